The summed E-state index contributed by atoms with van der Waals surface area (Å²) in [5, 5.41) is 15.7. The maximum Gasteiger partial charge on any atom is 0.407 e. The van der Waals surface area contributed by atoms with E-state index in [0.29, 0.717) is 36.4 Å². The summed E-state index contributed by atoms with van der Waals surface area (Å²) in [4.78, 5) is 26.9. The van der Waals surface area contributed by atoms with E-state index in [9.17, 15) is 14.9 Å². The third-order valence-electron chi connectivity index (χ3n) is 6.82. The van der Waals surface area contributed by atoms with Gasteiger partial charge >= 0.3 is 6.09 Å². The van der Waals surface area contributed by atoms with Gasteiger partial charge in [-0.3, -0.25) is 9.69 Å². The molecule has 1 saturated carbocycles. The molecule has 8 nitrogen and oxygen atoms in total. The number of hydrogen-bond acceptors (Lipinski definition) is 5. The largest absolute Gasteiger partial charge is 0.444 e. The van der Waals surface area contributed by atoms with E-state index in [1.807, 2.05) is 34.6 Å². The maximum atomic E-state index is 12.9. The van der Waals surface area contributed by atoms with Crippen LogP contribution in [-0.2, 0) is 9.53 Å². The Morgan fingerprint density at radius 2 is 1.76 bits per heavy atom. The highest BCUT2D eigenvalue weighted by atomic mass is 16.6. The van der Waals surface area contributed by atoms with Crippen molar-refractivity contribution in [3.63, 3.8) is 0 Å². The molecule has 0 spiro atoms. The topological polar surface area (TPSA) is 99.4 Å². The van der Waals surface area contributed by atoms with Crippen LogP contribution in [0.25, 0.3) is 0 Å². The lowest BCUT2D eigenvalue weighted by Crippen LogP contribution is -2.42. The van der Waals surface area contributed by atoms with E-state index in [0.717, 1.165) is 50.0 Å². The van der Waals surface area contributed by atoms with Crippen LogP contribution in [0.3, 0.4) is 0 Å². The molecule has 2 aliphatic rings. The summed E-state index contributed by atoms with van der Waals surface area (Å²) in [5.41, 5.74) is 2.12. The van der Waals surface area contributed by atoms with E-state index in [1.165, 1.54) is 12.8 Å². The lowest BCUT2D eigenvalue weighted by molar-refractivity contribution is -0.117. The number of aromatic nitrogens is 1. The fourth-order valence-corrected chi connectivity index (χ4v) is 4.97. The smallest absolute Gasteiger partial charge is 0.407 e. The van der Waals surface area contributed by atoms with E-state index in [-0.39, 0.29) is 12.0 Å². The maximum absolute atomic E-state index is 12.9. The first-order valence-corrected chi connectivity index (χ1v) is 12.2. The number of likely N-dealkylation sites (tertiary alicyclic amines) is 1. The number of alkyl carbamates (subject to hydrolysis) is 1. The van der Waals surface area contributed by atoms with Gasteiger partial charge in [-0.1, -0.05) is 12.8 Å². The molecule has 1 aliphatic carbocycles. The Bertz CT molecular complexity index is 895. The molecule has 1 saturated heterocycles. The fraction of sp³-hybridized carbons (Fsp3) is 0.720. The molecular weight excluding hydrogens is 418 g/mol. The quantitative estimate of drug-likeness (QED) is 0.665. The van der Waals surface area contributed by atoms with Gasteiger partial charge < -0.3 is 19.9 Å². The molecule has 3 rings (SSSR count). The number of anilines is 1. The Morgan fingerprint density at radius 1 is 1.12 bits per heavy atom. The van der Waals surface area contributed by atoms with Gasteiger partial charge in [0, 0.05) is 18.3 Å². The van der Waals surface area contributed by atoms with Crippen molar-refractivity contribution in [1.82, 2.24) is 14.8 Å². The Kier molecular flexibility index (Phi) is 8.06. The second-order valence-electron chi connectivity index (χ2n) is 10.5. The first-order valence-electron chi connectivity index (χ1n) is 12.2. The summed E-state index contributed by atoms with van der Waals surface area (Å²) in [6, 6.07) is 2.66. The molecule has 182 valence electrons. The van der Waals surface area contributed by atoms with Crippen LogP contribution in [0.15, 0.2) is 0 Å². The second kappa shape index (κ2) is 10.6. The Labute approximate surface area is 197 Å². The van der Waals surface area contributed by atoms with Crippen molar-refractivity contribution >= 4 is 17.8 Å². The van der Waals surface area contributed by atoms with Crippen molar-refractivity contribution < 1.29 is 14.3 Å². The number of nitrogens with zero attached hydrogens (tertiary/aromatic N) is 3. The number of ether oxygens (including phenoxy) is 1. The van der Waals surface area contributed by atoms with Crippen molar-refractivity contribution in [2.24, 2.45) is 5.92 Å². The summed E-state index contributed by atoms with van der Waals surface area (Å²) in [6.07, 6.45) is 6.02. The zero-order valence-corrected chi connectivity index (χ0v) is 20.8. The second-order valence-corrected chi connectivity index (χ2v) is 10.5. The lowest BCUT2D eigenvalue weighted by atomic mass is 9.97. The monoisotopic (exact) mass is 457 g/mol. The van der Waals surface area contributed by atoms with E-state index in [1.54, 1.807) is 0 Å². The first-order chi connectivity index (χ1) is 15.6. The van der Waals surface area contributed by atoms with Gasteiger partial charge in [-0.2, -0.15) is 5.26 Å². The zero-order valence-electron chi connectivity index (χ0n) is 20.8. The van der Waals surface area contributed by atoms with Crippen molar-refractivity contribution in [3.05, 3.63) is 16.8 Å². The third kappa shape index (κ3) is 6.50. The number of nitriles is 1. The molecule has 0 atom stereocenters. The predicted molar refractivity (Wildman–Crippen MR) is 128 cm³/mol. The van der Waals surface area contributed by atoms with Gasteiger partial charge in [0.15, 0.2) is 0 Å². The van der Waals surface area contributed by atoms with Crippen molar-refractivity contribution in [2.75, 3.05) is 31.5 Å². The van der Waals surface area contributed by atoms with Crippen LogP contribution in [0.5, 0.6) is 0 Å². The minimum atomic E-state index is -0.499. The molecule has 1 aliphatic heterocycles. The van der Waals surface area contributed by atoms with Gasteiger partial charge in [0.1, 0.15) is 17.5 Å². The molecule has 2 fully saturated rings. The average Bonchev–Trinajstić information content (AvgIpc) is 3.33. The highest BCUT2D eigenvalue weighted by molar-refractivity contribution is 5.93. The Hall–Kier alpha value is -2.53. The minimum Gasteiger partial charge on any atom is -0.444 e. The van der Waals surface area contributed by atoms with Gasteiger partial charge in [-0.25, -0.2) is 4.79 Å². The van der Waals surface area contributed by atoms with Crippen LogP contribution in [-0.4, -0.2) is 53.2 Å². The Balaban J connectivity index is 1.52. The molecule has 2 heterocycles. The van der Waals surface area contributed by atoms with Gasteiger partial charge in [-0.15, -0.1) is 0 Å². The summed E-state index contributed by atoms with van der Waals surface area (Å²) in [5.74, 6) is 0.973. The summed E-state index contributed by atoms with van der Waals surface area (Å²) < 4.78 is 7.48. The Morgan fingerprint density at radius 3 is 2.33 bits per heavy atom. The number of hydrogen-bond donors (Lipinski definition) is 2. The van der Waals surface area contributed by atoms with Crippen molar-refractivity contribution in [2.45, 2.75) is 84.8 Å². The zero-order chi connectivity index (χ0) is 24.2. The summed E-state index contributed by atoms with van der Waals surface area (Å²) in [6.45, 7) is 12.1. The van der Waals surface area contributed by atoms with Gasteiger partial charge in [0.2, 0.25) is 5.91 Å². The molecule has 8 heteroatoms. The summed E-state index contributed by atoms with van der Waals surface area (Å²) >= 11 is 0. The predicted octanol–water partition coefficient (Wildman–Crippen LogP) is 4.27. The van der Waals surface area contributed by atoms with Crippen LogP contribution in [0.4, 0.5) is 10.6 Å². The molecule has 2 N–H and O–H groups in total. The molecule has 1 aromatic rings. The van der Waals surface area contributed by atoms with Crippen molar-refractivity contribution in [1.29, 1.82) is 5.26 Å². The van der Waals surface area contributed by atoms with E-state index < -0.39 is 5.60 Å². The number of nitrogens with one attached hydrogen (secondary N) is 2. The van der Waals surface area contributed by atoms with Crippen molar-refractivity contribution in [3.8, 4) is 6.07 Å². The van der Waals surface area contributed by atoms with Crippen LogP contribution >= 0.6 is 0 Å². The van der Waals surface area contributed by atoms with Gasteiger partial charge in [-0.05, 0) is 84.9 Å². The molecule has 33 heavy (non-hydrogen) atoms. The molecule has 0 unspecified atom stereocenters. The molecule has 2 amide bonds. The minimum absolute atomic E-state index is 0.0754. The number of carbonyl (C=O) groups excluding carboxylic acids is 2. The first kappa shape index (κ1) is 25.1. The highest BCUT2D eigenvalue weighted by Crippen LogP contribution is 2.37. The number of carbonyl (C=O) groups is 2. The van der Waals surface area contributed by atoms with Crippen LogP contribution in [0.1, 0.15) is 82.2 Å². The van der Waals surface area contributed by atoms with Crippen LogP contribution in [0, 0.1) is 31.1 Å². The number of amides is 2. The molecule has 0 bridgehead atoms. The van der Waals surface area contributed by atoms with E-state index >= 15 is 0 Å². The highest BCUT2D eigenvalue weighted by Gasteiger charge is 2.28. The van der Waals surface area contributed by atoms with Gasteiger partial charge in [0.05, 0.1) is 12.1 Å². The molecule has 0 aromatic carbocycles. The lowest BCUT2D eigenvalue weighted by Gasteiger charge is -2.31. The molecular formula is C25H39N5O3. The average molecular weight is 458 g/mol. The molecule has 1 aromatic heterocycles. The van der Waals surface area contributed by atoms with E-state index in [2.05, 4.69) is 26.2 Å². The normalized spacial score (nSPS) is 18.2. The van der Waals surface area contributed by atoms with Crippen LogP contribution in [0.2, 0.25) is 0 Å². The third-order valence-corrected chi connectivity index (χ3v) is 6.82. The summed E-state index contributed by atoms with van der Waals surface area (Å²) in [7, 11) is 0. The van der Waals surface area contributed by atoms with Crippen LogP contribution < -0.4 is 10.6 Å². The van der Waals surface area contributed by atoms with Gasteiger partial charge in [0.25, 0.3) is 0 Å². The number of rotatable bonds is 6. The number of piperidine rings is 1. The fourth-order valence-electron chi connectivity index (χ4n) is 4.97. The van der Waals surface area contributed by atoms with E-state index in [4.69, 9.17) is 4.74 Å². The SMILES string of the molecule is Cc1c(C#N)c(NC(=O)CN2CCC(CNC(=O)OC(C)(C)C)CC2)n(C2CCCC2)c1C. The standard InChI is InChI=1S/C25H39N5O3/c1-17-18(2)30(20-8-6-7-9-20)23(21(17)14-26)28-22(31)16-29-12-10-19(11-13-29)15-27-24(32)33-25(3,4)5/h19-20H,6-13,15-16H2,1-5H3,(H,27,32)(H,28,31). The molecule has 0 radical (unpaired) electrons.